The molecule has 0 aromatic carbocycles. The van der Waals surface area contributed by atoms with E-state index in [1.165, 1.54) is 5.56 Å². The molecule has 1 aliphatic rings. The number of rotatable bonds is 3. The Labute approximate surface area is 110 Å². The highest BCUT2D eigenvalue weighted by Crippen LogP contribution is 2.37. The summed E-state index contributed by atoms with van der Waals surface area (Å²) in [6, 6.07) is 4.34. The number of hydrogen-bond acceptors (Lipinski definition) is 3. The minimum atomic E-state index is -0.190. The zero-order valence-electron chi connectivity index (χ0n) is 11.6. The van der Waals surface area contributed by atoms with Gasteiger partial charge in [0.05, 0.1) is 6.10 Å². The van der Waals surface area contributed by atoms with Crippen molar-refractivity contribution in [2.75, 3.05) is 7.05 Å². The summed E-state index contributed by atoms with van der Waals surface area (Å²) in [7, 11) is 2.11. The van der Waals surface area contributed by atoms with Crippen molar-refractivity contribution in [2.45, 2.75) is 51.8 Å². The van der Waals surface area contributed by atoms with Crippen LogP contribution < -0.4 is 0 Å². The Kier molecular flexibility index (Phi) is 4.03. The monoisotopic (exact) mass is 248 g/mol. The predicted octanol–water partition coefficient (Wildman–Crippen LogP) is 2.45. The molecule has 3 heteroatoms. The van der Waals surface area contributed by atoms with Gasteiger partial charge in [0.2, 0.25) is 0 Å². The van der Waals surface area contributed by atoms with Gasteiger partial charge in [0.25, 0.3) is 0 Å². The lowest BCUT2D eigenvalue weighted by molar-refractivity contribution is -0.0102. The Bertz CT molecular complexity index is 377. The smallest absolute Gasteiger partial charge is 0.0695 e. The number of hydrogen-bond donors (Lipinski definition) is 1. The van der Waals surface area contributed by atoms with Crippen molar-refractivity contribution in [1.82, 2.24) is 9.88 Å². The van der Waals surface area contributed by atoms with Crippen molar-refractivity contribution in [1.29, 1.82) is 0 Å². The van der Waals surface area contributed by atoms with Crippen LogP contribution in [0.4, 0.5) is 0 Å². The Morgan fingerprint density at radius 2 is 2.06 bits per heavy atom. The van der Waals surface area contributed by atoms with Crippen LogP contribution in [-0.2, 0) is 6.54 Å². The molecule has 0 amide bonds. The molecule has 0 radical (unpaired) electrons. The van der Waals surface area contributed by atoms with Gasteiger partial charge in [-0.1, -0.05) is 13.8 Å². The van der Waals surface area contributed by atoms with Gasteiger partial charge in [-0.15, -0.1) is 0 Å². The van der Waals surface area contributed by atoms with Crippen LogP contribution in [0.5, 0.6) is 0 Å². The molecule has 1 heterocycles. The van der Waals surface area contributed by atoms with Gasteiger partial charge in [0.1, 0.15) is 0 Å². The van der Waals surface area contributed by atoms with Crippen LogP contribution in [0.2, 0.25) is 0 Å². The number of pyridine rings is 1. The van der Waals surface area contributed by atoms with Gasteiger partial charge in [0.15, 0.2) is 0 Å². The summed E-state index contributed by atoms with van der Waals surface area (Å²) in [4.78, 5) is 6.31. The molecule has 0 bridgehead atoms. The van der Waals surface area contributed by atoms with Crippen molar-refractivity contribution >= 4 is 0 Å². The maximum atomic E-state index is 10.2. The average Bonchev–Trinajstić information content (AvgIpc) is 2.33. The van der Waals surface area contributed by atoms with E-state index in [1.54, 1.807) is 0 Å². The second-order valence-corrected chi connectivity index (χ2v) is 6.31. The fraction of sp³-hybridized carbons (Fsp3) is 0.667. The SMILES string of the molecule is CN(Cc1ccncc1)C1CC(C)(C)CCC1O. The summed E-state index contributed by atoms with van der Waals surface area (Å²) >= 11 is 0. The Balaban J connectivity index is 2.01. The lowest BCUT2D eigenvalue weighted by atomic mass is 9.73. The van der Waals surface area contributed by atoms with Crippen molar-refractivity contribution in [3.05, 3.63) is 30.1 Å². The summed E-state index contributed by atoms with van der Waals surface area (Å²) < 4.78 is 0. The fourth-order valence-electron chi connectivity index (χ4n) is 2.88. The minimum absolute atomic E-state index is 0.190. The zero-order chi connectivity index (χ0) is 13.2. The maximum Gasteiger partial charge on any atom is 0.0695 e. The van der Waals surface area contributed by atoms with E-state index in [4.69, 9.17) is 0 Å². The maximum absolute atomic E-state index is 10.2. The number of aliphatic hydroxyl groups is 1. The highest BCUT2D eigenvalue weighted by molar-refractivity contribution is 5.09. The molecule has 1 aromatic rings. The molecule has 100 valence electrons. The standard InChI is InChI=1S/C15H24N2O/c1-15(2)7-4-14(18)13(10-15)17(3)11-12-5-8-16-9-6-12/h5-6,8-9,13-14,18H,4,7,10-11H2,1-3H3. The number of likely N-dealkylation sites (N-methyl/N-ethyl adjacent to an activating group) is 1. The molecule has 0 saturated heterocycles. The van der Waals surface area contributed by atoms with E-state index >= 15 is 0 Å². The third kappa shape index (κ3) is 3.30. The number of aromatic nitrogens is 1. The van der Waals surface area contributed by atoms with Crippen molar-refractivity contribution in [3.63, 3.8) is 0 Å². The zero-order valence-corrected chi connectivity index (χ0v) is 11.6. The molecule has 2 atom stereocenters. The van der Waals surface area contributed by atoms with Gasteiger partial charge >= 0.3 is 0 Å². The Morgan fingerprint density at radius 1 is 1.39 bits per heavy atom. The molecule has 1 saturated carbocycles. The van der Waals surface area contributed by atoms with Crippen LogP contribution in [0.1, 0.15) is 38.7 Å². The summed E-state index contributed by atoms with van der Waals surface area (Å²) in [5.74, 6) is 0. The fourth-order valence-corrected chi connectivity index (χ4v) is 2.88. The highest BCUT2D eigenvalue weighted by Gasteiger charge is 2.35. The minimum Gasteiger partial charge on any atom is -0.391 e. The molecule has 0 aliphatic heterocycles. The molecular weight excluding hydrogens is 224 g/mol. The highest BCUT2D eigenvalue weighted by atomic mass is 16.3. The van der Waals surface area contributed by atoms with E-state index in [1.807, 2.05) is 24.5 Å². The molecule has 1 N–H and O–H groups in total. The molecule has 3 nitrogen and oxygen atoms in total. The van der Waals surface area contributed by atoms with Crippen LogP contribution >= 0.6 is 0 Å². The van der Waals surface area contributed by atoms with Gasteiger partial charge in [-0.25, -0.2) is 0 Å². The van der Waals surface area contributed by atoms with E-state index in [9.17, 15) is 5.11 Å². The van der Waals surface area contributed by atoms with Gasteiger partial charge in [0, 0.05) is 25.0 Å². The molecular formula is C15H24N2O. The van der Waals surface area contributed by atoms with E-state index in [-0.39, 0.29) is 12.1 Å². The molecule has 2 unspecified atom stereocenters. The molecule has 18 heavy (non-hydrogen) atoms. The second-order valence-electron chi connectivity index (χ2n) is 6.31. The van der Waals surface area contributed by atoms with E-state index in [0.717, 1.165) is 25.8 Å². The van der Waals surface area contributed by atoms with E-state index in [0.29, 0.717) is 5.41 Å². The Morgan fingerprint density at radius 3 is 2.72 bits per heavy atom. The predicted molar refractivity (Wildman–Crippen MR) is 73.1 cm³/mol. The lowest BCUT2D eigenvalue weighted by Crippen LogP contribution is -2.47. The molecule has 0 spiro atoms. The van der Waals surface area contributed by atoms with Crippen molar-refractivity contribution < 1.29 is 5.11 Å². The van der Waals surface area contributed by atoms with Crippen LogP contribution in [-0.4, -0.2) is 34.2 Å². The van der Waals surface area contributed by atoms with Crippen molar-refractivity contribution in [2.24, 2.45) is 5.41 Å². The molecule has 2 rings (SSSR count). The summed E-state index contributed by atoms with van der Waals surface area (Å²) in [6.45, 7) is 5.47. The Hall–Kier alpha value is -0.930. The quantitative estimate of drug-likeness (QED) is 0.892. The van der Waals surface area contributed by atoms with Gasteiger partial charge < -0.3 is 5.11 Å². The van der Waals surface area contributed by atoms with E-state index < -0.39 is 0 Å². The average molecular weight is 248 g/mol. The van der Waals surface area contributed by atoms with Gasteiger partial charge in [-0.05, 0) is 49.4 Å². The van der Waals surface area contributed by atoms with E-state index in [2.05, 4.69) is 30.8 Å². The first-order chi connectivity index (χ1) is 8.48. The third-order valence-corrected chi connectivity index (χ3v) is 4.07. The number of nitrogens with zero attached hydrogens (tertiary/aromatic N) is 2. The third-order valence-electron chi connectivity index (χ3n) is 4.07. The van der Waals surface area contributed by atoms with Crippen LogP contribution in [0.15, 0.2) is 24.5 Å². The number of aliphatic hydroxyl groups excluding tert-OH is 1. The largest absolute Gasteiger partial charge is 0.391 e. The molecule has 1 aromatic heterocycles. The van der Waals surface area contributed by atoms with Crippen molar-refractivity contribution in [3.8, 4) is 0 Å². The van der Waals surface area contributed by atoms with Crippen LogP contribution in [0.25, 0.3) is 0 Å². The first-order valence-electron chi connectivity index (χ1n) is 6.75. The normalized spacial score (nSPS) is 27.4. The van der Waals surface area contributed by atoms with Gasteiger partial charge in [-0.3, -0.25) is 9.88 Å². The first kappa shape index (κ1) is 13.5. The summed E-state index contributed by atoms with van der Waals surface area (Å²) in [5.41, 5.74) is 1.60. The topological polar surface area (TPSA) is 36.4 Å². The lowest BCUT2D eigenvalue weighted by Gasteiger charge is -2.42. The van der Waals surface area contributed by atoms with Gasteiger partial charge in [-0.2, -0.15) is 0 Å². The summed E-state index contributed by atoms with van der Waals surface area (Å²) in [6.07, 6.45) is 6.56. The second kappa shape index (κ2) is 5.37. The van der Waals surface area contributed by atoms with Crippen LogP contribution in [0.3, 0.4) is 0 Å². The first-order valence-corrected chi connectivity index (χ1v) is 6.75. The molecule has 1 aliphatic carbocycles. The van der Waals surface area contributed by atoms with Crippen LogP contribution in [0, 0.1) is 5.41 Å². The molecule has 1 fully saturated rings. The summed E-state index contributed by atoms with van der Waals surface area (Å²) in [5, 5.41) is 10.2.